The van der Waals surface area contributed by atoms with Crippen LogP contribution < -0.4 is 5.32 Å². The minimum Gasteiger partial charge on any atom is -0.483 e. The molecule has 0 unspecified atom stereocenters. The molecular formula is C21H30F3N3O4. The van der Waals surface area contributed by atoms with E-state index in [4.69, 9.17) is 14.3 Å². The van der Waals surface area contributed by atoms with E-state index in [1.165, 1.54) is 25.3 Å². The molecule has 1 amide bonds. The zero-order chi connectivity index (χ0) is 22.6. The monoisotopic (exact) mass is 445 g/mol. The van der Waals surface area contributed by atoms with E-state index < -0.39 is 11.9 Å². The number of hydrogen-bond donors (Lipinski definition) is 2. The molecule has 31 heavy (non-hydrogen) atoms. The minimum atomic E-state index is -4.44. The van der Waals surface area contributed by atoms with Crippen molar-refractivity contribution in [1.29, 1.82) is 0 Å². The predicted molar refractivity (Wildman–Crippen MR) is 106 cm³/mol. The van der Waals surface area contributed by atoms with Gasteiger partial charge in [0.1, 0.15) is 5.76 Å². The topological polar surface area (TPSA) is 86.0 Å². The molecule has 4 atom stereocenters. The Morgan fingerprint density at radius 3 is 2.65 bits per heavy atom. The average Bonchev–Trinajstić information content (AvgIpc) is 3.17. The van der Waals surface area contributed by atoms with E-state index in [0.717, 1.165) is 32.1 Å². The van der Waals surface area contributed by atoms with Gasteiger partial charge in [-0.1, -0.05) is 6.42 Å². The number of nitrogens with one attached hydrogen (secondary N) is 1. The summed E-state index contributed by atoms with van der Waals surface area (Å²) >= 11 is 0. The number of hydrogen-bond acceptors (Lipinski definition) is 5. The summed E-state index contributed by atoms with van der Waals surface area (Å²) in [6.45, 7) is 5.15. The maximum atomic E-state index is 12.8. The van der Waals surface area contributed by atoms with Crippen molar-refractivity contribution in [3.05, 3.63) is 23.7 Å². The third kappa shape index (κ3) is 5.79. The number of carbonyl (C=O) groups excluding carboxylic acids is 1. The molecule has 4 heterocycles. The van der Waals surface area contributed by atoms with Crippen LogP contribution in [-0.2, 0) is 22.3 Å². The Hall–Kier alpha value is -2.07. The predicted octanol–water partition coefficient (Wildman–Crippen LogP) is 2.81. The van der Waals surface area contributed by atoms with Crippen molar-refractivity contribution in [3.8, 4) is 0 Å². The molecule has 0 spiro atoms. The van der Waals surface area contributed by atoms with Crippen molar-refractivity contribution < 1.29 is 32.3 Å². The lowest BCUT2D eigenvalue weighted by molar-refractivity contribution is -0.153. The van der Waals surface area contributed by atoms with Gasteiger partial charge in [0.15, 0.2) is 0 Å². The second kappa shape index (κ2) is 10.0. The van der Waals surface area contributed by atoms with Crippen molar-refractivity contribution >= 4 is 12.4 Å². The fourth-order valence-corrected chi connectivity index (χ4v) is 5.50. The highest BCUT2D eigenvalue weighted by Gasteiger charge is 2.47. The number of fused-ring (bicyclic) bond motifs is 4. The van der Waals surface area contributed by atoms with Gasteiger partial charge < -0.3 is 14.8 Å². The maximum absolute atomic E-state index is 12.8. The Morgan fingerprint density at radius 2 is 2.00 bits per heavy atom. The third-order valence-corrected chi connectivity index (χ3v) is 6.58. The van der Waals surface area contributed by atoms with Crippen LogP contribution in [0.4, 0.5) is 13.2 Å². The molecule has 4 rings (SSSR count). The third-order valence-electron chi connectivity index (χ3n) is 6.58. The van der Waals surface area contributed by atoms with Gasteiger partial charge in [-0.3, -0.25) is 19.4 Å². The van der Waals surface area contributed by atoms with E-state index in [0.29, 0.717) is 42.8 Å². The molecule has 1 aromatic rings. The molecule has 0 radical (unpaired) electrons. The summed E-state index contributed by atoms with van der Waals surface area (Å²) in [5.41, 5.74) is 0. The van der Waals surface area contributed by atoms with E-state index >= 15 is 0 Å². The van der Waals surface area contributed by atoms with Crippen LogP contribution in [-0.4, -0.2) is 65.5 Å². The van der Waals surface area contributed by atoms with Crippen LogP contribution in [0.25, 0.3) is 0 Å². The number of nitrogens with zero attached hydrogens (tertiary/aromatic N) is 2. The summed E-state index contributed by atoms with van der Waals surface area (Å²) < 4.78 is 43.5. The van der Waals surface area contributed by atoms with Gasteiger partial charge >= 0.3 is 6.18 Å². The number of alkyl halides is 3. The number of likely N-dealkylation sites (tertiary alicyclic amines) is 1. The molecule has 0 aliphatic carbocycles. The molecule has 3 aliphatic rings. The normalized spacial score (nSPS) is 28.8. The summed E-state index contributed by atoms with van der Waals surface area (Å²) in [5.74, 6) is 0.369. The van der Waals surface area contributed by atoms with Crippen LogP contribution in [0, 0.1) is 11.8 Å². The molecule has 3 fully saturated rings. The van der Waals surface area contributed by atoms with Crippen LogP contribution in [0.15, 0.2) is 16.5 Å². The molecule has 7 nitrogen and oxygen atoms in total. The van der Waals surface area contributed by atoms with Crippen molar-refractivity contribution in [3.63, 3.8) is 0 Å². The molecule has 3 aliphatic heterocycles. The first-order valence-electron chi connectivity index (χ1n) is 10.7. The van der Waals surface area contributed by atoms with Crippen LogP contribution in [0.2, 0.25) is 0 Å². The van der Waals surface area contributed by atoms with Gasteiger partial charge in [-0.25, -0.2) is 0 Å². The zero-order valence-electron chi connectivity index (χ0n) is 17.6. The highest BCUT2D eigenvalue weighted by Crippen LogP contribution is 2.41. The lowest BCUT2D eigenvalue weighted by Crippen LogP contribution is -2.65. The van der Waals surface area contributed by atoms with Crippen LogP contribution >= 0.6 is 0 Å². The van der Waals surface area contributed by atoms with Gasteiger partial charge in [-0.05, 0) is 49.8 Å². The van der Waals surface area contributed by atoms with E-state index in [1.54, 1.807) is 6.92 Å². The molecule has 3 saturated heterocycles. The molecule has 10 heteroatoms. The Balaban J connectivity index is 0.000000858. The number of furan rings is 1. The van der Waals surface area contributed by atoms with Crippen LogP contribution in [0.3, 0.4) is 0 Å². The summed E-state index contributed by atoms with van der Waals surface area (Å²) in [5, 5.41) is 9.88. The minimum absolute atomic E-state index is 0.0152. The fraction of sp³-hybridized carbons (Fsp3) is 0.714. The molecule has 2 bridgehead atoms. The second-order valence-corrected chi connectivity index (χ2v) is 8.62. The zero-order valence-corrected chi connectivity index (χ0v) is 17.6. The van der Waals surface area contributed by atoms with Gasteiger partial charge in [0.05, 0.1) is 6.54 Å². The highest BCUT2D eigenvalue weighted by molar-refractivity contribution is 5.72. The van der Waals surface area contributed by atoms with Gasteiger partial charge in [0.25, 0.3) is 6.47 Å². The van der Waals surface area contributed by atoms with Crippen LogP contribution in [0.1, 0.15) is 44.1 Å². The largest absolute Gasteiger partial charge is 0.483 e. The Labute approximate surface area is 179 Å². The first-order chi connectivity index (χ1) is 14.7. The summed E-state index contributed by atoms with van der Waals surface area (Å²) in [7, 11) is 0. The average molecular weight is 445 g/mol. The first kappa shape index (κ1) is 23.6. The lowest BCUT2D eigenvalue weighted by Gasteiger charge is -2.56. The molecule has 1 aromatic heterocycles. The van der Waals surface area contributed by atoms with E-state index in [2.05, 4.69) is 15.1 Å². The van der Waals surface area contributed by atoms with Gasteiger partial charge in [-0.15, -0.1) is 0 Å². The van der Waals surface area contributed by atoms with E-state index in [1.807, 2.05) is 0 Å². The van der Waals surface area contributed by atoms with Crippen molar-refractivity contribution in [2.45, 2.75) is 57.4 Å². The molecule has 2 N–H and O–H groups in total. The maximum Gasteiger partial charge on any atom is 0.449 e. The SMILES string of the molecule is CC(=O)NC[C@H]1[C@H]2C[C@H](CN(Cc3ccc(C(F)(F)F)o3)C2)[C@@H]2CCCCN21.O=CO. The van der Waals surface area contributed by atoms with Crippen molar-refractivity contribution in [2.75, 3.05) is 26.2 Å². The van der Waals surface area contributed by atoms with E-state index in [-0.39, 0.29) is 12.4 Å². The number of piperidine rings is 3. The van der Waals surface area contributed by atoms with Crippen LogP contribution in [0.5, 0.6) is 0 Å². The number of carboxylic acid groups (broad SMARTS) is 1. The number of amides is 1. The quantitative estimate of drug-likeness (QED) is 0.694. The Morgan fingerprint density at radius 1 is 1.29 bits per heavy atom. The van der Waals surface area contributed by atoms with Gasteiger partial charge in [0, 0.05) is 38.6 Å². The summed E-state index contributed by atoms with van der Waals surface area (Å²) in [4.78, 5) is 24.7. The van der Waals surface area contributed by atoms with Crippen molar-refractivity contribution in [1.82, 2.24) is 15.1 Å². The smallest absolute Gasteiger partial charge is 0.449 e. The van der Waals surface area contributed by atoms with Gasteiger partial charge in [0.2, 0.25) is 11.7 Å². The lowest BCUT2D eigenvalue weighted by atomic mass is 9.72. The van der Waals surface area contributed by atoms with Gasteiger partial charge in [-0.2, -0.15) is 13.2 Å². The number of halogens is 3. The highest BCUT2D eigenvalue weighted by atomic mass is 19.4. The second-order valence-electron chi connectivity index (χ2n) is 8.62. The summed E-state index contributed by atoms with van der Waals surface area (Å²) in [6, 6.07) is 3.27. The van der Waals surface area contributed by atoms with E-state index in [9.17, 15) is 18.0 Å². The molecule has 0 aromatic carbocycles. The summed E-state index contributed by atoms with van der Waals surface area (Å²) in [6.07, 6.45) is 0.280. The first-order valence-corrected chi connectivity index (χ1v) is 10.7. The molecule has 174 valence electrons. The molecular weight excluding hydrogens is 415 g/mol. The Kier molecular flexibility index (Phi) is 7.64. The standard InChI is InChI=1S/C20H28F3N3O2.CH2O2/c1-13(27)24-9-18-15-8-14(17-4-2-3-7-26(17)18)10-25(11-15)12-16-5-6-19(28-16)20(21,22)23;2-1-3/h5-6,14-15,17-18H,2-4,7-12H2,1H3,(H,24,27);1H,(H,2,3)/t14-,15+,17+,18+;/m1./s1. The van der Waals surface area contributed by atoms with Crippen molar-refractivity contribution in [2.24, 2.45) is 11.8 Å². The number of carbonyl (C=O) groups is 2. The Bertz CT molecular complexity index is 754. The molecule has 0 saturated carbocycles. The fourth-order valence-electron chi connectivity index (χ4n) is 5.50. The number of rotatable bonds is 4.